The van der Waals surface area contributed by atoms with Crippen LogP contribution in [0.15, 0.2) is 48.5 Å². The van der Waals surface area contributed by atoms with Crippen molar-refractivity contribution in [3.05, 3.63) is 70.8 Å². The molecule has 2 aromatic carbocycles. The second-order valence-electron chi connectivity index (χ2n) is 6.26. The Morgan fingerprint density at radius 2 is 1.56 bits per heavy atom. The molecular formula is C22H25N3O2. The molecule has 0 unspecified atom stereocenters. The number of aryl methyl sites for hydroxylation is 1. The molecule has 0 saturated carbocycles. The predicted molar refractivity (Wildman–Crippen MR) is 105 cm³/mol. The smallest absolute Gasteiger partial charge is 0.253 e. The number of nitrogens with one attached hydrogen (secondary N) is 1. The van der Waals surface area contributed by atoms with Crippen molar-refractivity contribution in [2.75, 3.05) is 13.1 Å². The van der Waals surface area contributed by atoms with Gasteiger partial charge in [0.1, 0.15) is 0 Å². The average Bonchev–Trinajstić information content (AvgIpc) is 2.72. The molecule has 1 N–H and O–H groups in total. The lowest BCUT2D eigenvalue weighted by Crippen LogP contribution is -2.30. The number of benzene rings is 2. The number of carbonyl (C=O) groups excluding carboxylic acids is 2. The van der Waals surface area contributed by atoms with E-state index in [1.807, 2.05) is 38.1 Å². The van der Waals surface area contributed by atoms with E-state index in [0.29, 0.717) is 43.6 Å². The SMILES string of the molecule is CCN(CC)C(=O)c1ccc(CNC(=O)CCc2ccc(C#N)cc2)cc1. The minimum atomic E-state index is -0.0253. The Kier molecular flexibility index (Phi) is 7.57. The molecule has 2 amide bonds. The molecule has 0 heterocycles. The van der Waals surface area contributed by atoms with Crippen molar-refractivity contribution in [1.82, 2.24) is 10.2 Å². The molecule has 0 aliphatic heterocycles. The minimum Gasteiger partial charge on any atom is -0.352 e. The van der Waals surface area contributed by atoms with E-state index >= 15 is 0 Å². The van der Waals surface area contributed by atoms with Crippen LogP contribution in [-0.2, 0) is 17.8 Å². The molecule has 0 bridgehead atoms. The summed E-state index contributed by atoms with van der Waals surface area (Å²) in [7, 11) is 0. The zero-order chi connectivity index (χ0) is 19.6. The van der Waals surface area contributed by atoms with Gasteiger partial charge in [0.05, 0.1) is 11.6 Å². The van der Waals surface area contributed by atoms with Gasteiger partial charge in [-0.2, -0.15) is 5.26 Å². The summed E-state index contributed by atoms with van der Waals surface area (Å²) in [5, 5.41) is 11.7. The van der Waals surface area contributed by atoms with Crippen molar-refractivity contribution in [3.63, 3.8) is 0 Å². The van der Waals surface area contributed by atoms with Crippen molar-refractivity contribution < 1.29 is 9.59 Å². The first-order valence-electron chi connectivity index (χ1n) is 9.21. The Hall–Kier alpha value is -3.13. The zero-order valence-electron chi connectivity index (χ0n) is 15.9. The number of nitrogens with zero attached hydrogens (tertiary/aromatic N) is 2. The lowest BCUT2D eigenvalue weighted by molar-refractivity contribution is -0.121. The molecule has 27 heavy (non-hydrogen) atoms. The van der Waals surface area contributed by atoms with E-state index in [9.17, 15) is 9.59 Å². The zero-order valence-corrected chi connectivity index (χ0v) is 15.9. The molecule has 0 aliphatic rings. The van der Waals surface area contributed by atoms with Crippen LogP contribution in [0.2, 0.25) is 0 Å². The summed E-state index contributed by atoms with van der Waals surface area (Å²) >= 11 is 0. The highest BCUT2D eigenvalue weighted by atomic mass is 16.2. The maximum atomic E-state index is 12.3. The lowest BCUT2D eigenvalue weighted by Gasteiger charge is -2.18. The van der Waals surface area contributed by atoms with Crippen molar-refractivity contribution in [3.8, 4) is 6.07 Å². The Morgan fingerprint density at radius 3 is 2.11 bits per heavy atom. The van der Waals surface area contributed by atoms with Gasteiger partial charge >= 0.3 is 0 Å². The number of hydrogen-bond acceptors (Lipinski definition) is 3. The van der Waals surface area contributed by atoms with Gasteiger partial charge < -0.3 is 10.2 Å². The lowest BCUT2D eigenvalue weighted by atomic mass is 10.1. The van der Waals surface area contributed by atoms with Gasteiger partial charge in [0.15, 0.2) is 0 Å². The number of nitriles is 1. The van der Waals surface area contributed by atoms with Crippen LogP contribution in [-0.4, -0.2) is 29.8 Å². The minimum absolute atomic E-state index is 0.0253. The first kappa shape index (κ1) is 20.2. The Labute approximate surface area is 160 Å². The van der Waals surface area contributed by atoms with Gasteiger partial charge in [-0.1, -0.05) is 24.3 Å². The highest BCUT2D eigenvalue weighted by Gasteiger charge is 2.12. The topological polar surface area (TPSA) is 73.2 Å². The van der Waals surface area contributed by atoms with Crippen LogP contribution in [0.3, 0.4) is 0 Å². The molecule has 0 aromatic heterocycles. The number of amides is 2. The van der Waals surface area contributed by atoms with Crippen molar-refractivity contribution in [2.45, 2.75) is 33.2 Å². The monoisotopic (exact) mass is 363 g/mol. The van der Waals surface area contributed by atoms with Gasteiger partial charge in [-0.25, -0.2) is 0 Å². The largest absolute Gasteiger partial charge is 0.352 e. The van der Waals surface area contributed by atoms with E-state index in [4.69, 9.17) is 5.26 Å². The highest BCUT2D eigenvalue weighted by Crippen LogP contribution is 2.09. The standard InChI is InChI=1S/C22H25N3O2/c1-3-25(4-2)22(27)20-12-9-19(10-13-20)16-24-21(26)14-11-17-5-7-18(15-23)8-6-17/h5-10,12-13H,3-4,11,14,16H2,1-2H3,(H,24,26). The van der Waals surface area contributed by atoms with Crippen molar-refractivity contribution in [1.29, 1.82) is 5.26 Å². The molecule has 0 spiro atoms. The maximum Gasteiger partial charge on any atom is 0.253 e. The Bertz CT molecular complexity index is 801. The van der Waals surface area contributed by atoms with Crippen LogP contribution in [0.1, 0.15) is 47.3 Å². The fourth-order valence-electron chi connectivity index (χ4n) is 2.75. The molecular weight excluding hydrogens is 338 g/mol. The molecule has 0 saturated heterocycles. The molecule has 2 aromatic rings. The first-order chi connectivity index (χ1) is 13.1. The predicted octanol–water partition coefficient (Wildman–Crippen LogP) is 3.29. The fraction of sp³-hybridized carbons (Fsp3) is 0.318. The number of rotatable bonds is 8. The maximum absolute atomic E-state index is 12.3. The van der Waals surface area contributed by atoms with Gasteiger partial charge in [0.2, 0.25) is 5.91 Å². The molecule has 0 atom stereocenters. The van der Waals surface area contributed by atoms with Gasteiger partial charge in [-0.15, -0.1) is 0 Å². The third-order valence-electron chi connectivity index (χ3n) is 4.46. The van der Waals surface area contributed by atoms with Crippen LogP contribution >= 0.6 is 0 Å². The summed E-state index contributed by atoms with van der Waals surface area (Å²) in [5.41, 5.74) is 3.27. The van der Waals surface area contributed by atoms with Crippen LogP contribution < -0.4 is 5.32 Å². The van der Waals surface area contributed by atoms with Crippen LogP contribution in [0, 0.1) is 11.3 Å². The normalized spacial score (nSPS) is 10.1. The molecule has 0 fully saturated rings. The summed E-state index contributed by atoms with van der Waals surface area (Å²) in [5.74, 6) is 0.000607. The molecule has 0 radical (unpaired) electrons. The van der Waals surface area contributed by atoms with Crippen LogP contribution in [0.5, 0.6) is 0 Å². The highest BCUT2D eigenvalue weighted by molar-refractivity contribution is 5.94. The molecule has 5 nitrogen and oxygen atoms in total. The van der Waals surface area contributed by atoms with Gasteiger partial charge in [-0.05, 0) is 55.7 Å². The Morgan fingerprint density at radius 1 is 0.963 bits per heavy atom. The summed E-state index contributed by atoms with van der Waals surface area (Å²) < 4.78 is 0. The van der Waals surface area contributed by atoms with E-state index in [1.54, 1.807) is 29.2 Å². The third kappa shape index (κ3) is 5.96. The van der Waals surface area contributed by atoms with Gasteiger partial charge in [0.25, 0.3) is 5.91 Å². The van der Waals surface area contributed by atoms with Gasteiger partial charge in [0, 0.05) is 31.6 Å². The molecule has 5 heteroatoms. The van der Waals surface area contributed by atoms with Crippen molar-refractivity contribution >= 4 is 11.8 Å². The van der Waals surface area contributed by atoms with E-state index in [2.05, 4.69) is 11.4 Å². The second-order valence-corrected chi connectivity index (χ2v) is 6.26. The van der Waals surface area contributed by atoms with E-state index in [0.717, 1.165) is 11.1 Å². The Balaban J connectivity index is 1.80. The van der Waals surface area contributed by atoms with Crippen LogP contribution in [0.4, 0.5) is 0 Å². The molecule has 0 aliphatic carbocycles. The summed E-state index contributed by atoms with van der Waals surface area (Å²) in [6, 6.07) is 16.7. The summed E-state index contributed by atoms with van der Waals surface area (Å²) in [4.78, 5) is 26.1. The van der Waals surface area contributed by atoms with Gasteiger partial charge in [-0.3, -0.25) is 9.59 Å². The van der Waals surface area contributed by atoms with E-state index < -0.39 is 0 Å². The first-order valence-corrected chi connectivity index (χ1v) is 9.21. The molecule has 140 valence electrons. The quantitative estimate of drug-likeness (QED) is 0.782. The van der Waals surface area contributed by atoms with Crippen LogP contribution in [0.25, 0.3) is 0 Å². The number of hydrogen-bond donors (Lipinski definition) is 1. The molecule has 2 rings (SSSR count). The van der Waals surface area contributed by atoms with E-state index in [-0.39, 0.29) is 11.8 Å². The third-order valence-corrected chi connectivity index (χ3v) is 4.46. The van der Waals surface area contributed by atoms with Crippen molar-refractivity contribution in [2.24, 2.45) is 0 Å². The second kappa shape index (κ2) is 10.1. The summed E-state index contributed by atoms with van der Waals surface area (Å²) in [6.07, 6.45) is 1.03. The number of carbonyl (C=O) groups is 2. The average molecular weight is 363 g/mol. The fourth-order valence-corrected chi connectivity index (χ4v) is 2.75. The van der Waals surface area contributed by atoms with E-state index in [1.165, 1.54) is 0 Å². The summed E-state index contributed by atoms with van der Waals surface area (Å²) in [6.45, 7) is 5.73.